The molecule has 1 N–H and O–H groups in total. The Balaban J connectivity index is 1.88. The van der Waals surface area contributed by atoms with Crippen molar-refractivity contribution in [1.82, 2.24) is 24.9 Å². The van der Waals surface area contributed by atoms with Crippen molar-refractivity contribution in [1.29, 1.82) is 0 Å². The van der Waals surface area contributed by atoms with E-state index in [4.69, 9.17) is 0 Å². The molecule has 0 aromatic carbocycles. The molecule has 0 aliphatic carbocycles. The molecule has 0 saturated carbocycles. The monoisotopic (exact) mass is 293 g/mol. The van der Waals surface area contributed by atoms with Gasteiger partial charge < -0.3 is 10.2 Å². The van der Waals surface area contributed by atoms with Crippen molar-refractivity contribution in [2.75, 3.05) is 33.7 Å². The van der Waals surface area contributed by atoms with Crippen LogP contribution in [0.5, 0.6) is 0 Å². The molecule has 1 aromatic rings. The van der Waals surface area contributed by atoms with E-state index in [0.717, 1.165) is 5.69 Å². The SMILES string of the molecule is CNC(=O)[C@H]1CN(C(=O)CCn2ccc(C)n2)CCN1C. The third-order valence-corrected chi connectivity index (χ3v) is 3.88. The number of carbonyl (C=O) groups excluding carboxylic acids is 2. The van der Waals surface area contributed by atoms with Crippen LogP contribution in [0.4, 0.5) is 0 Å². The number of hydrogen-bond acceptors (Lipinski definition) is 4. The molecule has 0 unspecified atom stereocenters. The summed E-state index contributed by atoms with van der Waals surface area (Å²) < 4.78 is 1.78. The number of likely N-dealkylation sites (N-methyl/N-ethyl adjacent to an activating group) is 2. The quantitative estimate of drug-likeness (QED) is 0.810. The number of rotatable bonds is 4. The zero-order valence-corrected chi connectivity index (χ0v) is 12.9. The summed E-state index contributed by atoms with van der Waals surface area (Å²) in [7, 11) is 3.53. The Morgan fingerprint density at radius 2 is 2.19 bits per heavy atom. The van der Waals surface area contributed by atoms with Crippen LogP contribution in [-0.4, -0.2) is 71.2 Å². The number of piperazine rings is 1. The van der Waals surface area contributed by atoms with Crippen LogP contribution in [-0.2, 0) is 16.1 Å². The lowest BCUT2D eigenvalue weighted by molar-refractivity contribution is -0.137. The Labute approximate surface area is 124 Å². The topological polar surface area (TPSA) is 70.5 Å². The largest absolute Gasteiger partial charge is 0.358 e. The molecule has 2 amide bonds. The van der Waals surface area contributed by atoms with E-state index < -0.39 is 0 Å². The number of nitrogens with zero attached hydrogens (tertiary/aromatic N) is 4. The lowest BCUT2D eigenvalue weighted by Gasteiger charge is -2.38. The molecule has 7 nitrogen and oxygen atoms in total. The maximum Gasteiger partial charge on any atom is 0.238 e. The van der Waals surface area contributed by atoms with Crippen LogP contribution in [0.15, 0.2) is 12.3 Å². The van der Waals surface area contributed by atoms with Gasteiger partial charge in [0.1, 0.15) is 6.04 Å². The van der Waals surface area contributed by atoms with Crippen LogP contribution >= 0.6 is 0 Å². The minimum absolute atomic E-state index is 0.0438. The molecule has 0 spiro atoms. The summed E-state index contributed by atoms with van der Waals surface area (Å²) in [6.07, 6.45) is 2.28. The van der Waals surface area contributed by atoms with Crippen molar-refractivity contribution in [2.24, 2.45) is 0 Å². The Bertz CT molecular complexity index is 513. The smallest absolute Gasteiger partial charge is 0.238 e. The van der Waals surface area contributed by atoms with Gasteiger partial charge in [-0.1, -0.05) is 0 Å². The van der Waals surface area contributed by atoms with Crippen LogP contribution in [0.1, 0.15) is 12.1 Å². The minimum atomic E-state index is -0.264. The van der Waals surface area contributed by atoms with E-state index in [-0.39, 0.29) is 17.9 Å². The molecule has 1 saturated heterocycles. The average Bonchev–Trinajstić information content (AvgIpc) is 2.90. The van der Waals surface area contributed by atoms with Crippen LogP contribution < -0.4 is 5.32 Å². The van der Waals surface area contributed by atoms with Crippen LogP contribution in [0, 0.1) is 6.92 Å². The summed E-state index contributed by atoms with van der Waals surface area (Å²) in [5.74, 6) is 0.0304. The van der Waals surface area contributed by atoms with E-state index in [1.807, 2.05) is 31.1 Å². The molecule has 1 atom stereocenters. The third-order valence-electron chi connectivity index (χ3n) is 3.88. The van der Waals surface area contributed by atoms with Gasteiger partial charge in [-0.05, 0) is 20.0 Å². The summed E-state index contributed by atoms with van der Waals surface area (Å²) in [5.41, 5.74) is 0.946. The minimum Gasteiger partial charge on any atom is -0.358 e. The molecule has 1 aromatic heterocycles. The van der Waals surface area contributed by atoms with Crippen LogP contribution in [0.25, 0.3) is 0 Å². The lowest BCUT2D eigenvalue weighted by Crippen LogP contribution is -2.58. The van der Waals surface area contributed by atoms with Gasteiger partial charge in [-0.25, -0.2) is 0 Å². The average molecular weight is 293 g/mol. The second-order valence-corrected chi connectivity index (χ2v) is 5.42. The van der Waals surface area contributed by atoms with Crippen LogP contribution in [0.2, 0.25) is 0 Å². The molecule has 2 heterocycles. The standard InChI is InChI=1S/C14H23N5O2/c1-11-4-6-19(16-11)7-5-13(20)18-9-8-17(3)12(10-18)14(21)15-2/h4,6,12H,5,7-10H2,1-3H3,(H,15,21)/t12-/m1/s1. The van der Waals surface area contributed by atoms with Crippen molar-refractivity contribution in [3.63, 3.8) is 0 Å². The fourth-order valence-corrected chi connectivity index (χ4v) is 2.51. The van der Waals surface area contributed by atoms with Gasteiger partial charge in [0.05, 0.1) is 5.69 Å². The predicted molar refractivity (Wildman–Crippen MR) is 78.6 cm³/mol. The van der Waals surface area contributed by atoms with E-state index in [2.05, 4.69) is 10.4 Å². The molecular formula is C14H23N5O2. The Kier molecular flexibility index (Phi) is 4.95. The van der Waals surface area contributed by atoms with Crippen molar-refractivity contribution in [2.45, 2.75) is 25.9 Å². The van der Waals surface area contributed by atoms with Gasteiger partial charge in [0, 0.05) is 45.8 Å². The molecule has 2 rings (SSSR count). The highest BCUT2D eigenvalue weighted by molar-refractivity contribution is 5.83. The highest BCUT2D eigenvalue weighted by atomic mass is 16.2. The molecule has 7 heteroatoms. The molecular weight excluding hydrogens is 270 g/mol. The first-order valence-corrected chi connectivity index (χ1v) is 7.21. The van der Waals surface area contributed by atoms with Gasteiger partial charge in [-0.2, -0.15) is 5.10 Å². The lowest BCUT2D eigenvalue weighted by atomic mass is 10.1. The molecule has 1 aliphatic rings. The molecule has 1 fully saturated rings. The Hall–Kier alpha value is -1.89. The van der Waals surface area contributed by atoms with Crippen molar-refractivity contribution >= 4 is 11.8 Å². The number of carbonyl (C=O) groups is 2. The third kappa shape index (κ3) is 3.81. The van der Waals surface area contributed by atoms with Gasteiger partial charge in [0.15, 0.2) is 0 Å². The zero-order valence-electron chi connectivity index (χ0n) is 12.9. The highest BCUT2D eigenvalue weighted by Crippen LogP contribution is 2.10. The summed E-state index contributed by atoms with van der Waals surface area (Å²) in [5, 5.41) is 6.92. The van der Waals surface area contributed by atoms with E-state index in [1.165, 1.54) is 0 Å². The Morgan fingerprint density at radius 3 is 2.81 bits per heavy atom. The van der Waals surface area contributed by atoms with E-state index in [1.54, 1.807) is 16.6 Å². The molecule has 116 valence electrons. The fourth-order valence-electron chi connectivity index (χ4n) is 2.51. The van der Waals surface area contributed by atoms with E-state index in [0.29, 0.717) is 32.6 Å². The fraction of sp³-hybridized carbons (Fsp3) is 0.643. The van der Waals surface area contributed by atoms with Gasteiger partial charge in [-0.15, -0.1) is 0 Å². The second kappa shape index (κ2) is 6.71. The maximum atomic E-state index is 12.3. The zero-order chi connectivity index (χ0) is 15.4. The summed E-state index contributed by atoms with van der Waals surface area (Å²) in [6.45, 7) is 4.33. The Morgan fingerprint density at radius 1 is 1.43 bits per heavy atom. The summed E-state index contributed by atoms with van der Waals surface area (Å²) >= 11 is 0. The molecule has 0 radical (unpaired) electrons. The van der Waals surface area contributed by atoms with Gasteiger partial charge in [0.25, 0.3) is 0 Å². The highest BCUT2D eigenvalue weighted by Gasteiger charge is 2.31. The summed E-state index contributed by atoms with van der Waals surface area (Å²) in [6, 6.07) is 1.65. The first kappa shape index (κ1) is 15.5. The molecule has 21 heavy (non-hydrogen) atoms. The normalized spacial score (nSPS) is 19.6. The molecule has 1 aliphatic heterocycles. The number of hydrogen-bond donors (Lipinski definition) is 1. The number of nitrogens with one attached hydrogen (secondary N) is 1. The van der Waals surface area contributed by atoms with E-state index >= 15 is 0 Å². The van der Waals surface area contributed by atoms with Crippen molar-refractivity contribution < 1.29 is 9.59 Å². The van der Waals surface area contributed by atoms with E-state index in [9.17, 15) is 9.59 Å². The number of amides is 2. The van der Waals surface area contributed by atoms with Crippen molar-refractivity contribution in [3.8, 4) is 0 Å². The number of aromatic nitrogens is 2. The first-order chi connectivity index (χ1) is 10.0. The van der Waals surface area contributed by atoms with Crippen molar-refractivity contribution in [3.05, 3.63) is 18.0 Å². The first-order valence-electron chi connectivity index (χ1n) is 7.21. The summed E-state index contributed by atoms with van der Waals surface area (Å²) in [4.78, 5) is 27.9. The maximum absolute atomic E-state index is 12.3. The van der Waals surface area contributed by atoms with Gasteiger partial charge in [-0.3, -0.25) is 19.2 Å². The number of aryl methyl sites for hydroxylation is 2. The molecule has 0 bridgehead atoms. The predicted octanol–water partition coefficient (Wildman–Crippen LogP) is -0.530. The van der Waals surface area contributed by atoms with Crippen LogP contribution in [0.3, 0.4) is 0 Å². The van der Waals surface area contributed by atoms with Gasteiger partial charge in [0.2, 0.25) is 11.8 Å². The van der Waals surface area contributed by atoms with Gasteiger partial charge >= 0.3 is 0 Å². The second-order valence-electron chi connectivity index (χ2n) is 5.42.